The Kier molecular flexibility index (Phi) is 4.92. The number of ether oxygens (including phenoxy) is 1. The van der Waals surface area contributed by atoms with Crippen LogP contribution in [-0.4, -0.2) is 24.5 Å². The highest BCUT2D eigenvalue weighted by Crippen LogP contribution is 2.33. The molecule has 142 valence electrons. The lowest BCUT2D eigenvalue weighted by Gasteiger charge is -2.27. The molecule has 6 heteroatoms. The summed E-state index contributed by atoms with van der Waals surface area (Å²) in [5.41, 5.74) is 1.30. The average molecular weight is 395 g/mol. The number of nitrogens with one attached hydrogen (secondary N) is 1. The number of hydrogen-bond donors (Lipinski definition) is 1. The third-order valence-electron chi connectivity index (χ3n) is 4.81. The van der Waals surface area contributed by atoms with Crippen LogP contribution >= 0.6 is 11.6 Å². The third kappa shape index (κ3) is 3.41. The number of carbonyl (C=O) groups is 2. The highest BCUT2D eigenvalue weighted by Gasteiger charge is 2.29. The number of rotatable bonds is 3. The summed E-state index contributed by atoms with van der Waals surface area (Å²) in [6.07, 6.45) is 0.226. The average Bonchev–Trinajstić information content (AvgIpc) is 2.81. The van der Waals surface area contributed by atoms with E-state index < -0.39 is 0 Å². The fraction of sp³-hybridized carbons (Fsp3) is 0.182. The fourth-order valence-electron chi connectivity index (χ4n) is 3.54. The molecule has 0 spiro atoms. The Morgan fingerprint density at radius 2 is 1.82 bits per heavy atom. The van der Waals surface area contributed by atoms with Gasteiger partial charge in [-0.15, -0.1) is 0 Å². The van der Waals surface area contributed by atoms with Crippen LogP contribution in [0.1, 0.15) is 13.3 Å². The summed E-state index contributed by atoms with van der Waals surface area (Å²) in [6.45, 7) is 1.72. The van der Waals surface area contributed by atoms with Gasteiger partial charge in [0.05, 0.1) is 11.4 Å². The molecule has 0 bridgehead atoms. The van der Waals surface area contributed by atoms with Crippen molar-refractivity contribution in [2.24, 2.45) is 0 Å². The van der Waals surface area contributed by atoms with Crippen molar-refractivity contribution in [1.82, 2.24) is 0 Å². The topological polar surface area (TPSA) is 58.6 Å². The van der Waals surface area contributed by atoms with E-state index in [0.29, 0.717) is 22.1 Å². The predicted molar refractivity (Wildman–Crippen MR) is 111 cm³/mol. The lowest BCUT2D eigenvalue weighted by atomic mass is 10.1. The number of fused-ring (bicyclic) bond motifs is 2. The lowest BCUT2D eigenvalue weighted by molar-refractivity contribution is -0.121. The van der Waals surface area contributed by atoms with Gasteiger partial charge in [-0.2, -0.15) is 0 Å². The molecule has 1 aliphatic heterocycles. The second kappa shape index (κ2) is 7.52. The van der Waals surface area contributed by atoms with Crippen LogP contribution in [0.4, 0.5) is 11.4 Å². The van der Waals surface area contributed by atoms with E-state index in [0.717, 1.165) is 10.8 Å². The Balaban J connectivity index is 1.61. The highest BCUT2D eigenvalue weighted by atomic mass is 35.5. The van der Waals surface area contributed by atoms with Crippen LogP contribution in [0.15, 0.2) is 60.7 Å². The molecule has 28 heavy (non-hydrogen) atoms. The van der Waals surface area contributed by atoms with E-state index in [1.54, 1.807) is 23.1 Å². The van der Waals surface area contributed by atoms with Gasteiger partial charge in [0.2, 0.25) is 5.91 Å². The van der Waals surface area contributed by atoms with Crippen LogP contribution in [0.25, 0.3) is 10.8 Å². The van der Waals surface area contributed by atoms with Gasteiger partial charge >= 0.3 is 0 Å². The molecule has 1 N–H and O–H groups in total. The number of nitrogens with zero attached hydrogens (tertiary/aromatic N) is 1. The second-order valence-corrected chi connectivity index (χ2v) is 7.17. The maximum atomic E-state index is 13.0. The minimum absolute atomic E-state index is 0.111. The van der Waals surface area contributed by atoms with Crippen molar-refractivity contribution >= 4 is 45.6 Å². The Morgan fingerprint density at radius 3 is 2.64 bits per heavy atom. The Labute approximate surface area is 167 Å². The van der Waals surface area contributed by atoms with Gasteiger partial charge in [0.15, 0.2) is 6.61 Å². The number of anilines is 2. The monoisotopic (exact) mass is 394 g/mol. The van der Waals surface area contributed by atoms with Crippen molar-refractivity contribution in [2.45, 2.75) is 19.4 Å². The standard InChI is InChI=1S/C22H19ClN2O3/c1-14-12-21(26)24-18-8-4-5-9-19(18)25(14)22(27)13-28-20-11-10-17(23)15-6-2-3-7-16(15)20/h2-11,14H,12-13H2,1H3,(H,24,26)/t14-/m1/s1. The normalized spacial score (nSPS) is 16.3. The molecule has 5 nitrogen and oxygen atoms in total. The number of para-hydroxylation sites is 2. The van der Waals surface area contributed by atoms with Gasteiger partial charge in [-0.05, 0) is 31.2 Å². The molecule has 1 aliphatic rings. The third-order valence-corrected chi connectivity index (χ3v) is 5.14. The molecule has 0 aromatic heterocycles. The summed E-state index contributed by atoms with van der Waals surface area (Å²) in [7, 11) is 0. The predicted octanol–water partition coefficient (Wildman–Crippen LogP) is 4.64. The maximum absolute atomic E-state index is 13.0. The number of hydrogen-bond acceptors (Lipinski definition) is 3. The molecule has 3 aromatic carbocycles. The zero-order chi connectivity index (χ0) is 19.7. The number of benzene rings is 3. The van der Waals surface area contributed by atoms with Crippen molar-refractivity contribution in [1.29, 1.82) is 0 Å². The van der Waals surface area contributed by atoms with Crippen LogP contribution < -0.4 is 15.0 Å². The molecule has 3 aromatic rings. The molecule has 0 aliphatic carbocycles. The summed E-state index contributed by atoms with van der Waals surface area (Å²) in [4.78, 5) is 26.8. The molecule has 1 atom stereocenters. The Morgan fingerprint density at radius 1 is 1.11 bits per heavy atom. The van der Waals surface area contributed by atoms with Gasteiger partial charge in [0.25, 0.3) is 5.91 Å². The molecule has 2 amide bonds. The van der Waals surface area contributed by atoms with Gasteiger partial charge < -0.3 is 15.0 Å². The van der Waals surface area contributed by atoms with E-state index in [1.807, 2.05) is 49.4 Å². The van der Waals surface area contributed by atoms with Crippen molar-refractivity contribution < 1.29 is 14.3 Å². The van der Waals surface area contributed by atoms with Gasteiger partial charge in [0, 0.05) is 28.3 Å². The van der Waals surface area contributed by atoms with Gasteiger partial charge in [0.1, 0.15) is 5.75 Å². The first kappa shape index (κ1) is 18.3. The highest BCUT2D eigenvalue weighted by molar-refractivity contribution is 6.35. The Hall–Kier alpha value is -3.05. The van der Waals surface area contributed by atoms with Gasteiger partial charge in [-0.1, -0.05) is 48.0 Å². The summed E-state index contributed by atoms with van der Waals surface area (Å²) >= 11 is 6.25. The van der Waals surface area contributed by atoms with Crippen LogP contribution in [-0.2, 0) is 9.59 Å². The molecule has 0 fully saturated rings. The van der Waals surface area contributed by atoms with Crippen molar-refractivity contribution in [3.05, 3.63) is 65.7 Å². The molecular weight excluding hydrogens is 376 g/mol. The van der Waals surface area contributed by atoms with E-state index in [4.69, 9.17) is 16.3 Å². The molecule has 1 heterocycles. The zero-order valence-corrected chi connectivity index (χ0v) is 16.1. The van der Waals surface area contributed by atoms with Crippen molar-refractivity contribution in [3.63, 3.8) is 0 Å². The number of carbonyl (C=O) groups excluding carboxylic acids is 2. The minimum Gasteiger partial charge on any atom is -0.483 e. The molecule has 0 radical (unpaired) electrons. The minimum atomic E-state index is -0.276. The van der Waals surface area contributed by atoms with Crippen LogP contribution in [0.5, 0.6) is 5.75 Å². The van der Waals surface area contributed by atoms with E-state index in [-0.39, 0.29) is 30.9 Å². The Bertz CT molecular complexity index is 1070. The first-order valence-corrected chi connectivity index (χ1v) is 9.43. The lowest BCUT2D eigenvalue weighted by Crippen LogP contribution is -2.41. The molecule has 0 saturated carbocycles. The summed E-state index contributed by atoms with van der Waals surface area (Å²) in [5, 5.41) is 5.21. The number of amides is 2. The van der Waals surface area contributed by atoms with E-state index in [1.165, 1.54) is 0 Å². The van der Waals surface area contributed by atoms with Gasteiger partial charge in [-0.3, -0.25) is 9.59 Å². The first-order chi connectivity index (χ1) is 13.5. The van der Waals surface area contributed by atoms with Crippen LogP contribution in [0, 0.1) is 0 Å². The fourth-order valence-corrected chi connectivity index (χ4v) is 3.77. The summed E-state index contributed by atoms with van der Waals surface area (Å²) in [6, 6.07) is 18.2. The smallest absolute Gasteiger partial charge is 0.265 e. The quantitative estimate of drug-likeness (QED) is 0.704. The van der Waals surface area contributed by atoms with Crippen molar-refractivity contribution in [2.75, 3.05) is 16.8 Å². The zero-order valence-electron chi connectivity index (χ0n) is 15.3. The molecule has 0 saturated heterocycles. The number of halogens is 1. The van der Waals surface area contributed by atoms with E-state index >= 15 is 0 Å². The van der Waals surface area contributed by atoms with E-state index in [9.17, 15) is 9.59 Å². The molecular formula is C22H19ClN2O3. The van der Waals surface area contributed by atoms with Crippen molar-refractivity contribution in [3.8, 4) is 5.75 Å². The SMILES string of the molecule is C[C@@H]1CC(=O)Nc2ccccc2N1C(=O)COc1ccc(Cl)c2ccccc12. The first-order valence-electron chi connectivity index (χ1n) is 9.05. The van der Waals surface area contributed by atoms with E-state index in [2.05, 4.69) is 5.32 Å². The maximum Gasteiger partial charge on any atom is 0.265 e. The summed E-state index contributed by atoms with van der Waals surface area (Å²) < 4.78 is 5.87. The molecule has 4 rings (SSSR count). The van der Waals surface area contributed by atoms with Crippen LogP contribution in [0.2, 0.25) is 5.02 Å². The second-order valence-electron chi connectivity index (χ2n) is 6.76. The summed E-state index contributed by atoms with van der Waals surface area (Å²) in [5.74, 6) is 0.272. The van der Waals surface area contributed by atoms with Gasteiger partial charge in [-0.25, -0.2) is 0 Å². The molecule has 0 unspecified atom stereocenters. The van der Waals surface area contributed by atoms with Crippen LogP contribution in [0.3, 0.4) is 0 Å². The largest absolute Gasteiger partial charge is 0.483 e.